The predicted octanol–water partition coefficient (Wildman–Crippen LogP) is 8.01. The third-order valence-electron chi connectivity index (χ3n) is 10.6. The maximum atomic E-state index is 12.5. The molecule has 2 aromatic heterocycles. The van der Waals surface area contributed by atoms with Gasteiger partial charge in [0.2, 0.25) is 11.8 Å². The fraction of sp³-hybridized carbons (Fsp3) is 0.280. The molecule has 4 aromatic carbocycles. The molecule has 6 aromatic rings. The Morgan fingerprint density at radius 3 is 1.15 bits per heavy atom. The van der Waals surface area contributed by atoms with E-state index in [0.717, 1.165) is 11.1 Å². The minimum atomic E-state index is -0.286. The second kappa shape index (κ2) is 22.2. The molecule has 0 radical (unpaired) electrons. The van der Waals surface area contributed by atoms with Crippen LogP contribution in [0.4, 0.5) is 11.4 Å². The van der Waals surface area contributed by atoms with Crippen molar-refractivity contribution in [1.82, 2.24) is 10.6 Å². The number of anilines is 2. The third-order valence-corrected chi connectivity index (χ3v) is 10.6. The summed E-state index contributed by atoms with van der Waals surface area (Å²) in [7, 11) is 9.35. The molecular formula is C50H56N4O12. The summed E-state index contributed by atoms with van der Waals surface area (Å²) in [6.45, 7) is 7.25. The molecule has 2 heterocycles. The zero-order valence-electron chi connectivity index (χ0n) is 38.8. The van der Waals surface area contributed by atoms with Gasteiger partial charge in [0.1, 0.15) is 0 Å². The highest BCUT2D eigenvalue weighted by Crippen LogP contribution is 2.41. The number of ether oxygens (including phenoxy) is 6. The summed E-state index contributed by atoms with van der Waals surface area (Å²) >= 11 is 0. The van der Waals surface area contributed by atoms with E-state index in [1.807, 2.05) is 36.4 Å². The van der Waals surface area contributed by atoms with Crippen LogP contribution in [0.2, 0.25) is 0 Å². The number of carbonyl (C=O) groups is 4. The van der Waals surface area contributed by atoms with Gasteiger partial charge in [0.25, 0.3) is 0 Å². The first-order chi connectivity index (χ1) is 31.6. The molecule has 0 bridgehead atoms. The highest BCUT2D eigenvalue weighted by molar-refractivity contribution is 6.12. The smallest absolute Gasteiger partial charge is 0.244 e. The van der Waals surface area contributed by atoms with E-state index in [4.69, 9.17) is 48.7 Å². The summed E-state index contributed by atoms with van der Waals surface area (Å²) in [6, 6.07) is 18.3. The van der Waals surface area contributed by atoms with E-state index in [9.17, 15) is 19.2 Å². The maximum Gasteiger partial charge on any atom is 0.244 e. The van der Waals surface area contributed by atoms with Gasteiger partial charge in [0.05, 0.1) is 64.8 Å². The van der Waals surface area contributed by atoms with Gasteiger partial charge in [-0.05, 0) is 96.5 Å². The Morgan fingerprint density at radius 2 is 0.833 bits per heavy atom. The molecule has 6 rings (SSSR count). The quantitative estimate of drug-likeness (QED) is 0.0474. The van der Waals surface area contributed by atoms with Crippen LogP contribution in [0.1, 0.15) is 71.1 Å². The van der Waals surface area contributed by atoms with E-state index >= 15 is 0 Å². The van der Waals surface area contributed by atoms with Crippen LogP contribution in [0.3, 0.4) is 0 Å². The number of amides is 2. The highest BCUT2D eigenvalue weighted by Gasteiger charge is 2.23. The van der Waals surface area contributed by atoms with Crippen LogP contribution in [0.25, 0.3) is 33.1 Å². The number of carbonyl (C=O) groups excluding carboxylic acids is 4. The van der Waals surface area contributed by atoms with Crippen molar-refractivity contribution in [3.8, 4) is 34.5 Å². The summed E-state index contributed by atoms with van der Waals surface area (Å²) in [6.07, 6.45) is 4.25. The van der Waals surface area contributed by atoms with Crippen LogP contribution in [-0.2, 0) is 22.4 Å². The van der Waals surface area contributed by atoms with Gasteiger partial charge in [-0.25, -0.2) is 0 Å². The average molecular weight is 905 g/mol. The number of allylic oxidation sites excluding steroid dienone is 2. The largest absolute Gasteiger partial charge is 0.493 e. The van der Waals surface area contributed by atoms with E-state index in [0.29, 0.717) is 105 Å². The van der Waals surface area contributed by atoms with Gasteiger partial charge < -0.3 is 59.4 Å². The lowest BCUT2D eigenvalue weighted by Crippen LogP contribution is -2.23. The van der Waals surface area contributed by atoms with Crippen LogP contribution in [0.15, 0.2) is 81.7 Å². The van der Waals surface area contributed by atoms with Crippen LogP contribution in [-0.4, -0.2) is 79.1 Å². The summed E-state index contributed by atoms with van der Waals surface area (Å²) < 4.78 is 43.2. The fourth-order valence-corrected chi connectivity index (χ4v) is 7.29. The van der Waals surface area contributed by atoms with Crippen molar-refractivity contribution >= 4 is 67.8 Å². The molecule has 0 spiro atoms. The number of benzene rings is 4. The molecule has 0 aliphatic carbocycles. The molecule has 0 unspecified atom stereocenters. The SMILES string of the molecule is COc1ccc(CCNC(=O)/C=C(\C)c2ccc(OC)c3oc(C(C)=O)c(N)c23)cc1OC.COc1ccc(CCNC(=O)/C=C(\C)c2ccc(OC)c3oc(C(C)=O)c(N)c23)cc1OC. The number of Topliss-reactive ketones (excluding diaryl/α,β-unsaturated/α-hetero) is 2. The fourth-order valence-electron chi connectivity index (χ4n) is 7.29. The average Bonchev–Trinajstić information content (AvgIpc) is 3.85. The first-order valence-electron chi connectivity index (χ1n) is 20.8. The summed E-state index contributed by atoms with van der Waals surface area (Å²) in [4.78, 5) is 48.9. The van der Waals surface area contributed by atoms with Gasteiger partial charge in [0.15, 0.2) is 68.8 Å². The summed E-state index contributed by atoms with van der Waals surface area (Å²) in [5.41, 5.74) is 18.4. The predicted molar refractivity (Wildman–Crippen MR) is 254 cm³/mol. The second-order valence-electron chi connectivity index (χ2n) is 15.0. The number of hydrogen-bond donors (Lipinski definition) is 4. The van der Waals surface area contributed by atoms with Crippen molar-refractivity contribution in [3.05, 3.63) is 107 Å². The van der Waals surface area contributed by atoms with Crippen LogP contribution < -0.4 is 50.5 Å². The van der Waals surface area contributed by atoms with Crippen LogP contribution >= 0.6 is 0 Å². The topological polar surface area (TPSA) is 226 Å². The van der Waals surface area contributed by atoms with Crippen molar-refractivity contribution in [1.29, 1.82) is 0 Å². The van der Waals surface area contributed by atoms with Crippen molar-refractivity contribution < 1.29 is 56.4 Å². The molecule has 16 heteroatoms. The van der Waals surface area contributed by atoms with Gasteiger partial charge in [-0.2, -0.15) is 0 Å². The number of nitrogens with two attached hydrogens (primary N) is 2. The minimum absolute atomic E-state index is 0.0721. The normalized spacial score (nSPS) is 11.4. The lowest BCUT2D eigenvalue weighted by Gasteiger charge is -2.10. The molecule has 0 saturated carbocycles. The van der Waals surface area contributed by atoms with Gasteiger partial charge in [-0.1, -0.05) is 24.3 Å². The number of hydrogen-bond acceptors (Lipinski definition) is 14. The Balaban J connectivity index is 0.000000247. The van der Waals surface area contributed by atoms with Gasteiger partial charge in [-0.15, -0.1) is 0 Å². The Kier molecular flexibility index (Phi) is 16.5. The van der Waals surface area contributed by atoms with Crippen molar-refractivity contribution in [2.24, 2.45) is 0 Å². The molecule has 0 atom stereocenters. The molecule has 6 N–H and O–H groups in total. The number of ketones is 2. The van der Waals surface area contributed by atoms with E-state index in [1.165, 1.54) is 40.2 Å². The lowest BCUT2D eigenvalue weighted by atomic mass is 10.0. The molecule has 0 saturated heterocycles. The number of methoxy groups -OCH3 is 6. The summed E-state index contributed by atoms with van der Waals surface area (Å²) in [5.74, 6) is 2.59. The first kappa shape index (κ1) is 49.1. The third kappa shape index (κ3) is 11.1. The molecule has 0 fully saturated rings. The molecule has 66 heavy (non-hydrogen) atoms. The Bertz CT molecular complexity index is 2640. The zero-order valence-corrected chi connectivity index (χ0v) is 38.8. The maximum absolute atomic E-state index is 12.5. The van der Waals surface area contributed by atoms with E-state index in [1.54, 1.807) is 66.6 Å². The number of nitrogen functional groups attached to an aromatic ring is 2. The number of furan rings is 2. The summed E-state index contributed by atoms with van der Waals surface area (Å²) in [5, 5.41) is 6.87. The van der Waals surface area contributed by atoms with Crippen molar-refractivity contribution in [2.45, 2.75) is 40.5 Å². The number of rotatable bonds is 18. The molecule has 16 nitrogen and oxygen atoms in total. The van der Waals surface area contributed by atoms with E-state index in [-0.39, 0.29) is 46.3 Å². The minimum Gasteiger partial charge on any atom is -0.493 e. The monoisotopic (exact) mass is 904 g/mol. The Labute approximate surface area is 382 Å². The molecule has 0 aliphatic rings. The van der Waals surface area contributed by atoms with E-state index in [2.05, 4.69) is 10.6 Å². The lowest BCUT2D eigenvalue weighted by molar-refractivity contribution is -0.117. The van der Waals surface area contributed by atoms with Gasteiger partial charge in [-0.3, -0.25) is 19.2 Å². The number of nitrogens with one attached hydrogen (secondary N) is 2. The second-order valence-corrected chi connectivity index (χ2v) is 15.0. The standard InChI is InChI=1S/2C25H28N2O6/c2*1-14(12-21(29)27-11-10-16-6-8-18(30-3)20(13-16)32-5)17-7-9-19(31-4)25-22(17)23(26)24(33-25)15(2)28/h2*6-9,12-13H,10-11,26H2,1-5H3,(H,27,29)/b2*14-12+. The van der Waals surface area contributed by atoms with Crippen LogP contribution in [0, 0.1) is 0 Å². The first-order valence-corrected chi connectivity index (χ1v) is 20.8. The number of fused-ring (bicyclic) bond motifs is 2. The molecular weight excluding hydrogens is 849 g/mol. The highest BCUT2D eigenvalue weighted by atomic mass is 16.5. The van der Waals surface area contributed by atoms with Crippen LogP contribution in [0.5, 0.6) is 34.5 Å². The Morgan fingerprint density at radius 1 is 0.500 bits per heavy atom. The molecule has 0 aliphatic heterocycles. The van der Waals surface area contributed by atoms with Crippen molar-refractivity contribution in [2.75, 3.05) is 67.2 Å². The van der Waals surface area contributed by atoms with Gasteiger partial charge in [0, 0.05) is 39.1 Å². The molecule has 2 amide bonds. The van der Waals surface area contributed by atoms with E-state index < -0.39 is 0 Å². The Hall–Kier alpha value is -7.88. The zero-order chi connectivity index (χ0) is 48.2. The molecule has 348 valence electrons. The van der Waals surface area contributed by atoms with Gasteiger partial charge >= 0.3 is 0 Å². The van der Waals surface area contributed by atoms with Crippen molar-refractivity contribution in [3.63, 3.8) is 0 Å².